The van der Waals surface area contributed by atoms with Crippen molar-refractivity contribution in [3.63, 3.8) is 0 Å². The van der Waals surface area contributed by atoms with Crippen LogP contribution >= 0.6 is 0 Å². The van der Waals surface area contributed by atoms with E-state index in [-0.39, 0.29) is 5.41 Å². The molecule has 106 valence electrons. The predicted octanol–water partition coefficient (Wildman–Crippen LogP) is 4.24. The van der Waals surface area contributed by atoms with Crippen molar-refractivity contribution in [1.82, 2.24) is 0 Å². The highest BCUT2D eigenvalue weighted by atomic mass is 16.4. The van der Waals surface area contributed by atoms with E-state index in [0.29, 0.717) is 5.41 Å². The summed E-state index contributed by atoms with van der Waals surface area (Å²) >= 11 is 0. The van der Waals surface area contributed by atoms with Crippen LogP contribution in [0.4, 0.5) is 0 Å². The Labute approximate surface area is 116 Å². The van der Waals surface area contributed by atoms with E-state index in [9.17, 15) is 9.90 Å². The highest BCUT2D eigenvalue weighted by Crippen LogP contribution is 2.68. The van der Waals surface area contributed by atoms with Gasteiger partial charge in [-0.3, -0.25) is 4.79 Å². The lowest BCUT2D eigenvalue weighted by atomic mass is 9.41. The molecule has 5 rings (SSSR count). The maximum Gasteiger partial charge on any atom is 0.309 e. The molecule has 2 atom stereocenters. The molecule has 5 aliphatic carbocycles. The predicted molar refractivity (Wildman–Crippen MR) is 73.8 cm³/mol. The standard InChI is InChI=1S/C17H26O2/c18-15(19)17-9-12-6-13(10-17)8-16(7-12,11-17)14-4-2-1-3-5-14/h12-14H,1-11H2,(H,18,19). The first-order valence-electron chi connectivity index (χ1n) is 8.35. The monoisotopic (exact) mass is 262 g/mol. The molecule has 0 aliphatic heterocycles. The van der Waals surface area contributed by atoms with E-state index >= 15 is 0 Å². The second-order valence-electron chi connectivity index (χ2n) is 8.24. The molecule has 0 aromatic rings. The Morgan fingerprint density at radius 3 is 2.16 bits per heavy atom. The number of carboxylic acid groups (broad SMARTS) is 1. The summed E-state index contributed by atoms with van der Waals surface area (Å²) in [4.78, 5) is 11.9. The number of hydrogen-bond donors (Lipinski definition) is 1. The summed E-state index contributed by atoms with van der Waals surface area (Å²) in [5, 5.41) is 9.79. The molecule has 2 heteroatoms. The molecule has 2 nitrogen and oxygen atoms in total. The molecule has 5 fully saturated rings. The normalized spacial score (nSPS) is 49.5. The largest absolute Gasteiger partial charge is 0.481 e. The molecule has 0 spiro atoms. The molecule has 5 aliphatic rings. The minimum Gasteiger partial charge on any atom is -0.481 e. The van der Waals surface area contributed by atoms with Crippen LogP contribution in [0.25, 0.3) is 0 Å². The van der Waals surface area contributed by atoms with Gasteiger partial charge in [0.25, 0.3) is 0 Å². The Balaban J connectivity index is 1.67. The fraction of sp³-hybridized carbons (Fsp3) is 0.941. The molecule has 19 heavy (non-hydrogen) atoms. The average molecular weight is 262 g/mol. The number of aliphatic carboxylic acids is 1. The number of hydrogen-bond acceptors (Lipinski definition) is 1. The minimum absolute atomic E-state index is 0.318. The fourth-order valence-corrected chi connectivity index (χ4v) is 6.78. The van der Waals surface area contributed by atoms with E-state index in [2.05, 4.69) is 0 Å². The lowest BCUT2D eigenvalue weighted by Crippen LogP contribution is -2.57. The summed E-state index contributed by atoms with van der Waals surface area (Å²) in [5.41, 5.74) is 0.115. The molecule has 0 radical (unpaired) electrons. The zero-order valence-electron chi connectivity index (χ0n) is 11.9. The summed E-state index contributed by atoms with van der Waals surface area (Å²) in [5.74, 6) is 1.85. The quantitative estimate of drug-likeness (QED) is 0.808. The molecule has 0 aromatic carbocycles. The zero-order chi connectivity index (χ0) is 13.1. The summed E-state index contributed by atoms with van der Waals surface area (Å²) < 4.78 is 0. The lowest BCUT2D eigenvalue weighted by molar-refractivity contribution is -0.183. The van der Waals surface area contributed by atoms with Crippen molar-refractivity contribution < 1.29 is 9.90 Å². The summed E-state index contributed by atoms with van der Waals surface area (Å²) in [6.07, 6.45) is 14.0. The SMILES string of the molecule is O=C(O)C12CC3CC(C1)CC(C1CCCCC1)(C3)C2. The van der Waals surface area contributed by atoms with Gasteiger partial charge in [0.05, 0.1) is 5.41 Å². The van der Waals surface area contributed by atoms with Crippen LogP contribution < -0.4 is 0 Å². The molecule has 0 saturated heterocycles. The number of rotatable bonds is 2. The van der Waals surface area contributed by atoms with Crippen LogP contribution in [0.5, 0.6) is 0 Å². The Morgan fingerprint density at radius 1 is 0.947 bits per heavy atom. The molecular formula is C17H26O2. The van der Waals surface area contributed by atoms with Crippen LogP contribution in [0.3, 0.4) is 0 Å². The van der Waals surface area contributed by atoms with E-state index in [1.165, 1.54) is 51.4 Å². The van der Waals surface area contributed by atoms with Crippen LogP contribution in [-0.4, -0.2) is 11.1 Å². The lowest BCUT2D eigenvalue weighted by Gasteiger charge is -2.63. The molecule has 5 saturated carbocycles. The summed E-state index contributed by atoms with van der Waals surface area (Å²) in [7, 11) is 0. The molecular weight excluding hydrogens is 236 g/mol. The maximum atomic E-state index is 11.9. The third-order valence-corrected chi connectivity index (χ3v) is 7.03. The van der Waals surface area contributed by atoms with E-state index in [1.807, 2.05) is 0 Å². The van der Waals surface area contributed by atoms with Crippen molar-refractivity contribution >= 4 is 5.97 Å². The Kier molecular flexibility index (Phi) is 2.57. The fourth-order valence-electron chi connectivity index (χ4n) is 6.78. The van der Waals surface area contributed by atoms with Gasteiger partial charge in [0, 0.05) is 0 Å². The van der Waals surface area contributed by atoms with Gasteiger partial charge in [-0.15, -0.1) is 0 Å². The summed E-state index contributed by atoms with van der Waals surface area (Å²) in [6.45, 7) is 0. The highest BCUT2D eigenvalue weighted by Gasteiger charge is 2.62. The van der Waals surface area contributed by atoms with Crippen LogP contribution in [0.2, 0.25) is 0 Å². The van der Waals surface area contributed by atoms with E-state index in [0.717, 1.165) is 37.0 Å². The van der Waals surface area contributed by atoms with Crippen molar-refractivity contribution in [2.75, 3.05) is 0 Å². The van der Waals surface area contributed by atoms with E-state index < -0.39 is 5.97 Å². The smallest absolute Gasteiger partial charge is 0.309 e. The van der Waals surface area contributed by atoms with Gasteiger partial charge in [0.1, 0.15) is 0 Å². The molecule has 4 bridgehead atoms. The van der Waals surface area contributed by atoms with Crippen molar-refractivity contribution in [2.45, 2.75) is 70.6 Å². The highest BCUT2D eigenvalue weighted by molar-refractivity contribution is 5.75. The van der Waals surface area contributed by atoms with Crippen LogP contribution in [0.1, 0.15) is 70.6 Å². The van der Waals surface area contributed by atoms with Gasteiger partial charge in [0.15, 0.2) is 0 Å². The maximum absolute atomic E-state index is 11.9. The topological polar surface area (TPSA) is 37.3 Å². The first kappa shape index (κ1) is 12.2. The Hall–Kier alpha value is -0.530. The molecule has 0 aromatic heterocycles. The van der Waals surface area contributed by atoms with Crippen molar-refractivity contribution in [1.29, 1.82) is 0 Å². The third kappa shape index (κ3) is 1.71. The number of carboxylic acids is 1. The van der Waals surface area contributed by atoms with Gasteiger partial charge in [-0.1, -0.05) is 19.3 Å². The van der Waals surface area contributed by atoms with Crippen LogP contribution in [0, 0.1) is 28.6 Å². The average Bonchev–Trinajstić information content (AvgIpc) is 2.38. The second kappa shape index (κ2) is 3.99. The van der Waals surface area contributed by atoms with Crippen molar-refractivity contribution in [3.8, 4) is 0 Å². The van der Waals surface area contributed by atoms with Crippen LogP contribution in [0.15, 0.2) is 0 Å². The van der Waals surface area contributed by atoms with Gasteiger partial charge in [0.2, 0.25) is 0 Å². The molecule has 1 N–H and O–H groups in total. The molecule has 0 amide bonds. The van der Waals surface area contributed by atoms with Crippen molar-refractivity contribution in [2.24, 2.45) is 28.6 Å². The zero-order valence-corrected chi connectivity index (χ0v) is 11.9. The van der Waals surface area contributed by atoms with Gasteiger partial charge >= 0.3 is 5.97 Å². The minimum atomic E-state index is -0.471. The molecule has 2 unspecified atom stereocenters. The molecule has 0 heterocycles. The third-order valence-electron chi connectivity index (χ3n) is 7.03. The Morgan fingerprint density at radius 2 is 1.58 bits per heavy atom. The van der Waals surface area contributed by atoms with Gasteiger partial charge < -0.3 is 5.11 Å². The number of carbonyl (C=O) groups is 1. The van der Waals surface area contributed by atoms with E-state index in [1.54, 1.807) is 0 Å². The first-order chi connectivity index (χ1) is 9.12. The van der Waals surface area contributed by atoms with Gasteiger partial charge in [-0.25, -0.2) is 0 Å². The van der Waals surface area contributed by atoms with Crippen LogP contribution in [-0.2, 0) is 4.79 Å². The van der Waals surface area contributed by atoms with Crippen molar-refractivity contribution in [3.05, 3.63) is 0 Å². The summed E-state index contributed by atoms with van der Waals surface area (Å²) in [6, 6.07) is 0. The first-order valence-corrected chi connectivity index (χ1v) is 8.35. The van der Waals surface area contributed by atoms with E-state index in [4.69, 9.17) is 0 Å². The van der Waals surface area contributed by atoms with Gasteiger partial charge in [-0.2, -0.15) is 0 Å². The Bertz CT molecular complexity index is 380. The van der Waals surface area contributed by atoms with Gasteiger partial charge in [-0.05, 0) is 74.5 Å². The second-order valence-corrected chi connectivity index (χ2v) is 8.24.